The molecule has 1 N–H and O–H groups in total. The number of hydrogen-bond donors (Lipinski definition) is 1. The molecular formula is C20H23N3O5. The third-order valence-corrected chi connectivity index (χ3v) is 4.15. The summed E-state index contributed by atoms with van der Waals surface area (Å²) in [6, 6.07) is 8.43. The molecule has 0 aliphatic carbocycles. The van der Waals surface area contributed by atoms with E-state index in [2.05, 4.69) is 10.3 Å². The van der Waals surface area contributed by atoms with Crippen molar-refractivity contribution in [2.45, 2.75) is 51.9 Å². The van der Waals surface area contributed by atoms with Gasteiger partial charge in [-0.05, 0) is 32.8 Å². The lowest BCUT2D eigenvalue weighted by Crippen LogP contribution is -2.35. The van der Waals surface area contributed by atoms with E-state index in [4.69, 9.17) is 9.47 Å². The van der Waals surface area contributed by atoms with Gasteiger partial charge in [-0.3, -0.25) is 14.7 Å². The maximum Gasteiger partial charge on any atom is 0.412 e. The monoisotopic (exact) mass is 385 g/mol. The maximum absolute atomic E-state index is 12.8. The quantitative estimate of drug-likeness (QED) is 0.813. The van der Waals surface area contributed by atoms with Crippen molar-refractivity contribution >= 4 is 17.7 Å². The minimum atomic E-state index is -0.768. The number of rotatable bonds is 4. The minimum Gasteiger partial charge on any atom is -0.458 e. The van der Waals surface area contributed by atoms with E-state index in [-0.39, 0.29) is 12.3 Å². The molecule has 0 saturated carbocycles. The summed E-state index contributed by atoms with van der Waals surface area (Å²) in [6.45, 7) is 5.38. The topological polar surface area (TPSA) is 99.5 Å². The van der Waals surface area contributed by atoms with Gasteiger partial charge in [-0.2, -0.15) is 0 Å². The van der Waals surface area contributed by atoms with Crippen LogP contribution in [0.15, 0.2) is 41.3 Å². The smallest absolute Gasteiger partial charge is 0.412 e. The summed E-state index contributed by atoms with van der Waals surface area (Å²) in [6.07, 6.45) is 1.43. The van der Waals surface area contributed by atoms with Crippen molar-refractivity contribution in [3.63, 3.8) is 0 Å². The number of hydrogen-bond acceptors (Lipinski definition) is 6. The van der Waals surface area contributed by atoms with Gasteiger partial charge in [0.05, 0.1) is 6.20 Å². The second kappa shape index (κ2) is 7.84. The molecule has 28 heavy (non-hydrogen) atoms. The molecular weight excluding hydrogens is 362 g/mol. The third kappa shape index (κ3) is 4.57. The highest BCUT2D eigenvalue weighted by Crippen LogP contribution is 2.26. The average molecular weight is 385 g/mol. The van der Waals surface area contributed by atoms with Crippen molar-refractivity contribution in [2.24, 2.45) is 0 Å². The van der Waals surface area contributed by atoms with Crippen LogP contribution in [0.25, 0.3) is 0 Å². The average Bonchev–Trinajstić information content (AvgIpc) is 3.07. The molecule has 1 unspecified atom stereocenters. The van der Waals surface area contributed by atoms with E-state index in [0.29, 0.717) is 18.7 Å². The van der Waals surface area contributed by atoms with E-state index < -0.39 is 29.3 Å². The van der Waals surface area contributed by atoms with Crippen molar-refractivity contribution < 1.29 is 19.1 Å². The standard InChI is InChI=1S/C20H23N3O5/c1-20(2,3)28-18(25)15-9-10-16-21-11-14(17(24)23(15)16)22-19(26)27-12-13-7-5-4-6-8-13/h4-8,11,15H,9-10,12H2,1-3H3,(H,22,26). The Bertz CT molecular complexity index is 931. The molecule has 1 aromatic heterocycles. The Morgan fingerprint density at radius 3 is 2.64 bits per heavy atom. The summed E-state index contributed by atoms with van der Waals surface area (Å²) in [4.78, 5) is 41.5. The molecule has 0 radical (unpaired) electrons. The van der Waals surface area contributed by atoms with Crippen LogP contribution in [0.2, 0.25) is 0 Å². The zero-order valence-corrected chi connectivity index (χ0v) is 16.1. The van der Waals surface area contributed by atoms with Gasteiger partial charge in [0.1, 0.15) is 29.8 Å². The van der Waals surface area contributed by atoms with E-state index in [9.17, 15) is 14.4 Å². The molecule has 0 spiro atoms. The van der Waals surface area contributed by atoms with Gasteiger partial charge in [0.25, 0.3) is 5.56 Å². The number of aryl methyl sites for hydroxylation is 1. The Kier molecular flexibility index (Phi) is 5.48. The lowest BCUT2D eigenvalue weighted by atomic mass is 10.1. The fourth-order valence-electron chi connectivity index (χ4n) is 2.95. The first-order chi connectivity index (χ1) is 13.2. The highest BCUT2D eigenvalue weighted by molar-refractivity contribution is 5.84. The van der Waals surface area contributed by atoms with Crippen LogP contribution in [0, 0.1) is 0 Å². The molecule has 8 nitrogen and oxygen atoms in total. The highest BCUT2D eigenvalue weighted by Gasteiger charge is 2.34. The van der Waals surface area contributed by atoms with Gasteiger partial charge in [-0.25, -0.2) is 14.6 Å². The van der Waals surface area contributed by atoms with E-state index in [1.54, 1.807) is 20.8 Å². The van der Waals surface area contributed by atoms with Crippen LogP contribution in [0.5, 0.6) is 0 Å². The number of esters is 1. The third-order valence-electron chi connectivity index (χ3n) is 4.15. The van der Waals surface area contributed by atoms with E-state index in [1.165, 1.54) is 10.8 Å². The van der Waals surface area contributed by atoms with Crippen molar-refractivity contribution in [1.82, 2.24) is 9.55 Å². The molecule has 1 aromatic carbocycles. The van der Waals surface area contributed by atoms with Crippen molar-refractivity contribution in [2.75, 3.05) is 5.32 Å². The van der Waals surface area contributed by atoms with Crippen molar-refractivity contribution in [3.8, 4) is 0 Å². The Labute approximate surface area is 162 Å². The first-order valence-corrected chi connectivity index (χ1v) is 9.05. The van der Waals surface area contributed by atoms with E-state index in [1.807, 2.05) is 30.3 Å². The SMILES string of the molecule is CC(C)(C)OC(=O)C1CCc2ncc(NC(=O)OCc3ccccc3)c(=O)n21. The summed E-state index contributed by atoms with van der Waals surface area (Å²) in [5, 5.41) is 2.41. The Morgan fingerprint density at radius 1 is 1.25 bits per heavy atom. The Balaban J connectivity index is 1.72. The van der Waals surface area contributed by atoms with E-state index in [0.717, 1.165) is 5.56 Å². The zero-order valence-electron chi connectivity index (χ0n) is 16.1. The highest BCUT2D eigenvalue weighted by atomic mass is 16.6. The van der Waals surface area contributed by atoms with Gasteiger partial charge >= 0.3 is 12.1 Å². The molecule has 8 heteroatoms. The van der Waals surface area contributed by atoms with Crippen LogP contribution in [-0.2, 0) is 27.3 Å². The number of amides is 1. The number of anilines is 1. The molecule has 1 amide bonds. The fourth-order valence-corrected chi connectivity index (χ4v) is 2.95. The van der Waals surface area contributed by atoms with Gasteiger partial charge in [-0.15, -0.1) is 0 Å². The summed E-state index contributed by atoms with van der Waals surface area (Å²) < 4.78 is 11.8. The number of carbonyl (C=O) groups is 2. The first-order valence-electron chi connectivity index (χ1n) is 9.05. The number of carbonyl (C=O) groups excluding carboxylic acids is 2. The van der Waals surface area contributed by atoms with Crippen LogP contribution >= 0.6 is 0 Å². The van der Waals surface area contributed by atoms with Crippen molar-refractivity contribution in [1.29, 1.82) is 0 Å². The molecule has 2 aromatic rings. The molecule has 0 fully saturated rings. The number of ether oxygens (including phenoxy) is 2. The molecule has 1 aliphatic heterocycles. The van der Waals surface area contributed by atoms with Crippen LogP contribution in [-0.4, -0.2) is 27.2 Å². The normalized spacial score (nSPS) is 15.6. The number of nitrogens with one attached hydrogen (secondary N) is 1. The molecule has 1 aliphatic rings. The lowest BCUT2D eigenvalue weighted by Gasteiger charge is -2.23. The second-order valence-corrected chi connectivity index (χ2v) is 7.54. The number of fused-ring (bicyclic) bond motifs is 1. The largest absolute Gasteiger partial charge is 0.458 e. The zero-order chi connectivity index (χ0) is 20.3. The van der Waals surface area contributed by atoms with Gasteiger partial charge in [0.15, 0.2) is 0 Å². The second-order valence-electron chi connectivity index (χ2n) is 7.54. The number of nitrogens with zero attached hydrogens (tertiary/aromatic N) is 2. The van der Waals surface area contributed by atoms with Gasteiger partial charge < -0.3 is 9.47 Å². The van der Waals surface area contributed by atoms with Crippen LogP contribution < -0.4 is 10.9 Å². The Morgan fingerprint density at radius 2 is 1.96 bits per heavy atom. The molecule has 2 heterocycles. The molecule has 1 atom stereocenters. The van der Waals surface area contributed by atoms with Crippen LogP contribution in [0.3, 0.4) is 0 Å². The molecule has 0 bridgehead atoms. The van der Waals surface area contributed by atoms with Gasteiger partial charge in [0, 0.05) is 6.42 Å². The fraction of sp³-hybridized carbons (Fsp3) is 0.400. The summed E-state index contributed by atoms with van der Waals surface area (Å²) >= 11 is 0. The lowest BCUT2D eigenvalue weighted by molar-refractivity contribution is -0.158. The molecule has 0 saturated heterocycles. The predicted molar refractivity (Wildman–Crippen MR) is 102 cm³/mol. The summed E-state index contributed by atoms with van der Waals surface area (Å²) in [5.74, 6) is 0.00279. The van der Waals surface area contributed by atoms with Crippen LogP contribution in [0.4, 0.5) is 10.5 Å². The van der Waals surface area contributed by atoms with Crippen molar-refractivity contribution in [3.05, 3.63) is 58.3 Å². The molecule has 3 rings (SSSR count). The van der Waals surface area contributed by atoms with Crippen LogP contribution in [0.1, 0.15) is 44.6 Å². The Hall–Kier alpha value is -3.16. The minimum absolute atomic E-state index is 0.0442. The maximum atomic E-state index is 12.8. The van der Waals surface area contributed by atoms with E-state index >= 15 is 0 Å². The number of aromatic nitrogens is 2. The predicted octanol–water partition coefficient (Wildman–Crippen LogP) is 2.82. The van der Waals surface area contributed by atoms with Gasteiger partial charge in [0.2, 0.25) is 0 Å². The first kappa shape index (κ1) is 19.6. The number of benzene rings is 1. The summed E-state index contributed by atoms with van der Waals surface area (Å²) in [5.41, 5.74) is -0.382. The summed E-state index contributed by atoms with van der Waals surface area (Å²) in [7, 11) is 0. The van der Waals surface area contributed by atoms with Gasteiger partial charge in [-0.1, -0.05) is 30.3 Å². The molecule has 148 valence electrons.